The van der Waals surface area contributed by atoms with Crippen molar-refractivity contribution in [1.29, 1.82) is 0 Å². The van der Waals surface area contributed by atoms with Crippen LogP contribution < -0.4 is 0 Å². The van der Waals surface area contributed by atoms with Crippen molar-refractivity contribution in [3.05, 3.63) is 11.7 Å². The van der Waals surface area contributed by atoms with Crippen molar-refractivity contribution in [3.63, 3.8) is 0 Å². The molecule has 0 N–H and O–H groups in total. The van der Waals surface area contributed by atoms with Gasteiger partial charge < -0.3 is 9.42 Å². The molecule has 1 saturated carbocycles. The average Bonchev–Trinajstić information content (AvgIpc) is 3.36. The van der Waals surface area contributed by atoms with E-state index in [1.807, 2.05) is 4.90 Å². The lowest BCUT2D eigenvalue weighted by Crippen LogP contribution is -2.58. The van der Waals surface area contributed by atoms with Crippen LogP contribution in [0.5, 0.6) is 0 Å². The van der Waals surface area contributed by atoms with Gasteiger partial charge in [-0.3, -0.25) is 14.6 Å². The Labute approximate surface area is 149 Å². The summed E-state index contributed by atoms with van der Waals surface area (Å²) in [6.45, 7) is 9.63. The van der Waals surface area contributed by atoms with Crippen LogP contribution >= 0.6 is 0 Å². The fourth-order valence-electron chi connectivity index (χ4n) is 4.00. The Balaban J connectivity index is 1.29. The second-order valence-corrected chi connectivity index (χ2v) is 7.92. The highest BCUT2D eigenvalue weighted by Gasteiger charge is 2.36. The van der Waals surface area contributed by atoms with Crippen LogP contribution in [-0.2, 0) is 11.3 Å². The van der Waals surface area contributed by atoms with Crippen LogP contribution in [0.1, 0.15) is 57.2 Å². The third kappa shape index (κ3) is 3.72. The molecule has 2 aliphatic heterocycles. The zero-order valence-electron chi connectivity index (χ0n) is 15.4. The van der Waals surface area contributed by atoms with Crippen molar-refractivity contribution < 1.29 is 9.32 Å². The predicted octanol–water partition coefficient (Wildman–Crippen LogP) is 1.46. The molecule has 1 atom stereocenters. The van der Waals surface area contributed by atoms with E-state index in [-0.39, 0.29) is 6.04 Å². The second-order valence-electron chi connectivity index (χ2n) is 7.92. The topological polar surface area (TPSA) is 65.7 Å². The molecule has 4 rings (SSSR count). The van der Waals surface area contributed by atoms with Gasteiger partial charge in [0.2, 0.25) is 11.8 Å². The zero-order chi connectivity index (χ0) is 17.4. The number of hydrogen-bond acceptors (Lipinski definition) is 6. The molecule has 0 unspecified atom stereocenters. The van der Waals surface area contributed by atoms with Gasteiger partial charge in [-0.25, -0.2) is 0 Å². The largest absolute Gasteiger partial charge is 0.339 e. The van der Waals surface area contributed by atoms with Crippen molar-refractivity contribution in [3.8, 4) is 0 Å². The van der Waals surface area contributed by atoms with Crippen molar-refractivity contribution in [1.82, 2.24) is 24.8 Å². The first-order chi connectivity index (χ1) is 12.1. The monoisotopic (exact) mass is 347 g/mol. The third-order valence-corrected chi connectivity index (χ3v) is 5.70. The SMILES string of the molecule is CC(C)N1CCC[C@@H](N2CCN(Cc3nc(C4CC4)no3)CC2)C1=O. The molecular formula is C18H29N5O2. The van der Waals surface area contributed by atoms with E-state index in [0.717, 1.165) is 63.8 Å². The molecule has 0 radical (unpaired) electrons. The van der Waals surface area contributed by atoms with Gasteiger partial charge in [0.1, 0.15) is 0 Å². The van der Waals surface area contributed by atoms with Crippen molar-refractivity contribution in [2.24, 2.45) is 0 Å². The smallest absolute Gasteiger partial charge is 0.240 e. The number of likely N-dealkylation sites (tertiary alicyclic amines) is 1. The maximum atomic E-state index is 12.7. The Bertz CT molecular complexity index is 604. The van der Waals surface area contributed by atoms with Crippen LogP contribution in [0.3, 0.4) is 0 Å². The van der Waals surface area contributed by atoms with Gasteiger partial charge in [0.15, 0.2) is 5.82 Å². The van der Waals surface area contributed by atoms with Crippen LogP contribution in [0.25, 0.3) is 0 Å². The summed E-state index contributed by atoms with van der Waals surface area (Å²) in [5, 5.41) is 4.09. The highest BCUT2D eigenvalue weighted by molar-refractivity contribution is 5.82. The van der Waals surface area contributed by atoms with E-state index < -0.39 is 0 Å². The summed E-state index contributed by atoms with van der Waals surface area (Å²) in [5.41, 5.74) is 0. The summed E-state index contributed by atoms with van der Waals surface area (Å²) >= 11 is 0. The number of hydrogen-bond donors (Lipinski definition) is 0. The van der Waals surface area contributed by atoms with Crippen LogP contribution in [0.2, 0.25) is 0 Å². The summed E-state index contributed by atoms with van der Waals surface area (Å²) in [7, 11) is 0. The lowest BCUT2D eigenvalue weighted by atomic mass is 10.0. The molecule has 3 fully saturated rings. The fourth-order valence-corrected chi connectivity index (χ4v) is 4.00. The predicted molar refractivity (Wildman–Crippen MR) is 93.0 cm³/mol. The van der Waals surface area contributed by atoms with Crippen molar-refractivity contribution >= 4 is 5.91 Å². The number of carbonyl (C=O) groups is 1. The molecule has 0 bridgehead atoms. The van der Waals surface area contributed by atoms with Gasteiger partial charge in [0, 0.05) is 44.7 Å². The molecule has 7 heteroatoms. The molecule has 3 aliphatic rings. The van der Waals surface area contributed by atoms with E-state index in [1.54, 1.807) is 0 Å². The molecule has 138 valence electrons. The van der Waals surface area contributed by atoms with Gasteiger partial charge in [0.05, 0.1) is 12.6 Å². The molecule has 1 aromatic heterocycles. The highest BCUT2D eigenvalue weighted by atomic mass is 16.5. The summed E-state index contributed by atoms with van der Waals surface area (Å²) in [5.74, 6) is 2.47. The first-order valence-electron chi connectivity index (χ1n) is 9.71. The van der Waals surface area contributed by atoms with Crippen molar-refractivity contribution in [2.45, 2.75) is 64.1 Å². The summed E-state index contributed by atoms with van der Waals surface area (Å²) in [6, 6.07) is 0.373. The zero-order valence-corrected chi connectivity index (χ0v) is 15.4. The van der Waals surface area contributed by atoms with Crippen LogP contribution in [-0.4, -0.2) is 75.6 Å². The van der Waals surface area contributed by atoms with Crippen molar-refractivity contribution in [2.75, 3.05) is 32.7 Å². The van der Waals surface area contributed by atoms with Crippen LogP contribution in [0, 0.1) is 0 Å². The molecule has 1 amide bonds. The second kappa shape index (κ2) is 7.03. The summed E-state index contributed by atoms with van der Waals surface area (Å²) in [6.07, 6.45) is 4.50. The highest BCUT2D eigenvalue weighted by Crippen LogP contribution is 2.38. The molecule has 0 spiro atoms. The van der Waals surface area contributed by atoms with Gasteiger partial charge >= 0.3 is 0 Å². The number of rotatable bonds is 5. The van der Waals surface area contributed by atoms with E-state index in [1.165, 1.54) is 12.8 Å². The van der Waals surface area contributed by atoms with Gasteiger partial charge in [-0.1, -0.05) is 5.16 Å². The number of amides is 1. The minimum Gasteiger partial charge on any atom is -0.339 e. The summed E-state index contributed by atoms with van der Waals surface area (Å²) in [4.78, 5) is 24.0. The van der Waals surface area contributed by atoms with Gasteiger partial charge in [-0.15, -0.1) is 0 Å². The Kier molecular flexibility index (Phi) is 4.78. The minimum atomic E-state index is 0.0724. The first-order valence-corrected chi connectivity index (χ1v) is 9.71. The van der Waals surface area contributed by atoms with Gasteiger partial charge in [-0.05, 0) is 39.5 Å². The Morgan fingerprint density at radius 2 is 1.88 bits per heavy atom. The third-order valence-electron chi connectivity index (χ3n) is 5.70. The molecule has 1 aromatic rings. The molecule has 0 aromatic carbocycles. The van der Waals surface area contributed by atoms with E-state index >= 15 is 0 Å². The fraction of sp³-hybridized carbons (Fsp3) is 0.833. The quantitative estimate of drug-likeness (QED) is 0.803. The molecule has 2 saturated heterocycles. The van der Waals surface area contributed by atoms with E-state index in [4.69, 9.17) is 4.52 Å². The first kappa shape index (κ1) is 17.0. The van der Waals surface area contributed by atoms with Gasteiger partial charge in [0.25, 0.3) is 0 Å². The van der Waals surface area contributed by atoms with Crippen LogP contribution in [0.15, 0.2) is 4.52 Å². The van der Waals surface area contributed by atoms with E-state index in [2.05, 4.69) is 33.8 Å². The molecule has 3 heterocycles. The molecule has 25 heavy (non-hydrogen) atoms. The number of nitrogens with zero attached hydrogens (tertiary/aromatic N) is 5. The van der Waals surface area contributed by atoms with Gasteiger partial charge in [-0.2, -0.15) is 4.98 Å². The lowest BCUT2D eigenvalue weighted by molar-refractivity contribution is -0.143. The number of aromatic nitrogens is 2. The molecule has 7 nitrogen and oxygen atoms in total. The Morgan fingerprint density at radius 3 is 2.56 bits per heavy atom. The van der Waals surface area contributed by atoms with E-state index in [9.17, 15) is 4.79 Å². The Hall–Kier alpha value is -1.47. The molecular weight excluding hydrogens is 318 g/mol. The number of piperidine rings is 1. The minimum absolute atomic E-state index is 0.0724. The van der Waals surface area contributed by atoms with Crippen LogP contribution in [0.4, 0.5) is 0 Å². The Morgan fingerprint density at radius 1 is 1.12 bits per heavy atom. The lowest BCUT2D eigenvalue weighted by Gasteiger charge is -2.43. The number of piperazine rings is 1. The molecule has 1 aliphatic carbocycles. The average molecular weight is 347 g/mol. The summed E-state index contributed by atoms with van der Waals surface area (Å²) < 4.78 is 5.39. The standard InChI is InChI=1S/C18H29N5O2/c1-13(2)23-7-3-4-15(18(23)24)22-10-8-21(9-11-22)12-16-19-17(20-25-16)14-5-6-14/h13-15H,3-12H2,1-2H3/t15-/m1/s1. The normalized spacial score (nSPS) is 26.6. The number of carbonyl (C=O) groups excluding carboxylic acids is 1. The maximum absolute atomic E-state index is 12.7. The maximum Gasteiger partial charge on any atom is 0.240 e. The van der Waals surface area contributed by atoms with E-state index in [0.29, 0.717) is 17.9 Å².